The van der Waals surface area contributed by atoms with Gasteiger partial charge in [0.2, 0.25) is 0 Å². The van der Waals surface area contributed by atoms with Crippen LogP contribution in [0.4, 0.5) is 0 Å². The van der Waals surface area contributed by atoms with Crippen LogP contribution in [0.5, 0.6) is 0 Å². The smallest absolute Gasteiger partial charge is 0.0509 e. The van der Waals surface area contributed by atoms with Crippen LogP contribution in [0.2, 0.25) is 0 Å². The summed E-state index contributed by atoms with van der Waals surface area (Å²) in [5.74, 6) is 0. The molecule has 0 spiro atoms. The Bertz CT molecular complexity index is 267. The van der Waals surface area contributed by atoms with E-state index in [0.717, 1.165) is 32.8 Å². The molecule has 0 aliphatic heterocycles. The molecule has 0 heterocycles. The van der Waals surface area contributed by atoms with E-state index in [9.17, 15) is 0 Å². The predicted octanol–water partition coefficient (Wildman–Crippen LogP) is 2.81. The number of rotatable bonds is 7. The summed E-state index contributed by atoms with van der Waals surface area (Å²) in [6.07, 6.45) is 0. The van der Waals surface area contributed by atoms with Gasteiger partial charge in [-0.05, 0) is 25.2 Å². The van der Waals surface area contributed by atoms with E-state index in [1.54, 1.807) is 0 Å². The summed E-state index contributed by atoms with van der Waals surface area (Å²) in [6.45, 7) is 12.1. The second-order valence-corrected chi connectivity index (χ2v) is 4.08. The Morgan fingerprint density at radius 2 is 1.38 bits per heavy atom. The first-order valence-corrected chi connectivity index (χ1v) is 6.28. The monoisotopic (exact) mass is 220 g/mol. The van der Waals surface area contributed by atoms with E-state index < -0.39 is 0 Å². The highest BCUT2D eigenvalue weighted by atomic mass is 15.3. The molecule has 0 saturated heterocycles. The molecule has 0 radical (unpaired) electrons. The maximum absolute atomic E-state index is 2.47. The lowest BCUT2D eigenvalue weighted by molar-refractivity contribution is 0.140. The third-order valence-corrected chi connectivity index (χ3v) is 2.99. The van der Waals surface area contributed by atoms with Crippen molar-refractivity contribution < 1.29 is 0 Å². The van der Waals surface area contributed by atoms with Crippen molar-refractivity contribution in [3.63, 3.8) is 0 Å². The second-order valence-electron chi connectivity index (χ2n) is 4.08. The molecule has 0 aliphatic rings. The third-order valence-electron chi connectivity index (χ3n) is 2.99. The first kappa shape index (κ1) is 13.2. The Morgan fingerprint density at radius 3 is 1.88 bits per heavy atom. The van der Waals surface area contributed by atoms with Gasteiger partial charge in [-0.1, -0.05) is 51.1 Å². The van der Waals surface area contributed by atoms with Gasteiger partial charge in [0.25, 0.3) is 0 Å². The van der Waals surface area contributed by atoms with Crippen molar-refractivity contribution in [1.82, 2.24) is 9.80 Å². The van der Waals surface area contributed by atoms with Gasteiger partial charge in [0.15, 0.2) is 0 Å². The van der Waals surface area contributed by atoms with Gasteiger partial charge in [-0.15, -0.1) is 0 Å². The number of nitrogens with zero attached hydrogens (tertiary/aromatic N) is 2. The molecule has 1 aromatic carbocycles. The van der Waals surface area contributed by atoms with Crippen molar-refractivity contribution in [2.45, 2.75) is 27.3 Å². The van der Waals surface area contributed by atoms with Crippen molar-refractivity contribution in [3.8, 4) is 0 Å². The average molecular weight is 220 g/mol. The lowest BCUT2D eigenvalue weighted by Crippen LogP contribution is -2.37. The molecule has 0 aliphatic carbocycles. The lowest BCUT2D eigenvalue weighted by Gasteiger charge is -2.28. The van der Waals surface area contributed by atoms with Crippen molar-refractivity contribution in [2.75, 3.05) is 26.3 Å². The molecule has 1 aromatic rings. The summed E-state index contributed by atoms with van der Waals surface area (Å²) < 4.78 is 0. The van der Waals surface area contributed by atoms with Gasteiger partial charge in [0, 0.05) is 6.54 Å². The van der Waals surface area contributed by atoms with Gasteiger partial charge in [-0.3, -0.25) is 9.80 Å². The fourth-order valence-corrected chi connectivity index (χ4v) is 1.81. The molecule has 0 bridgehead atoms. The molecular weight excluding hydrogens is 196 g/mol. The summed E-state index contributed by atoms with van der Waals surface area (Å²) in [5.41, 5.74) is 1.40. The van der Waals surface area contributed by atoms with Crippen molar-refractivity contribution >= 4 is 0 Å². The molecule has 0 amide bonds. The van der Waals surface area contributed by atoms with E-state index in [1.165, 1.54) is 5.56 Å². The highest BCUT2D eigenvalue weighted by molar-refractivity contribution is 5.14. The summed E-state index contributed by atoms with van der Waals surface area (Å²) in [7, 11) is 0. The molecule has 0 atom stereocenters. The Hall–Kier alpha value is -0.860. The van der Waals surface area contributed by atoms with Crippen molar-refractivity contribution in [3.05, 3.63) is 35.9 Å². The predicted molar refractivity (Wildman–Crippen MR) is 70.3 cm³/mol. The van der Waals surface area contributed by atoms with E-state index >= 15 is 0 Å². The lowest BCUT2D eigenvalue weighted by atomic mass is 10.2. The minimum absolute atomic E-state index is 1.05. The van der Waals surface area contributed by atoms with E-state index in [1.807, 2.05) is 0 Å². The fraction of sp³-hybridized carbons (Fsp3) is 0.571. The van der Waals surface area contributed by atoms with E-state index in [4.69, 9.17) is 0 Å². The van der Waals surface area contributed by atoms with Crippen LogP contribution in [0.3, 0.4) is 0 Å². The van der Waals surface area contributed by atoms with Gasteiger partial charge in [-0.2, -0.15) is 0 Å². The molecule has 2 heteroatoms. The van der Waals surface area contributed by atoms with Gasteiger partial charge < -0.3 is 0 Å². The number of hydrogen-bond donors (Lipinski definition) is 0. The first-order chi connectivity index (χ1) is 7.80. The molecule has 0 saturated carbocycles. The molecule has 2 nitrogen and oxygen atoms in total. The number of benzene rings is 1. The molecule has 90 valence electrons. The highest BCUT2D eigenvalue weighted by Gasteiger charge is 2.07. The summed E-state index contributed by atoms with van der Waals surface area (Å²) in [6, 6.07) is 10.7. The minimum Gasteiger partial charge on any atom is -0.291 e. The average Bonchev–Trinajstić information content (AvgIpc) is 2.35. The maximum atomic E-state index is 2.47. The molecule has 0 aromatic heterocycles. The van der Waals surface area contributed by atoms with Gasteiger partial charge in [-0.25, -0.2) is 0 Å². The van der Waals surface area contributed by atoms with Crippen LogP contribution in [-0.2, 0) is 6.54 Å². The van der Waals surface area contributed by atoms with E-state index in [2.05, 4.69) is 60.9 Å². The van der Waals surface area contributed by atoms with Crippen LogP contribution in [0.25, 0.3) is 0 Å². The molecule has 16 heavy (non-hydrogen) atoms. The van der Waals surface area contributed by atoms with Crippen LogP contribution >= 0.6 is 0 Å². The Kier molecular flexibility index (Phi) is 6.12. The van der Waals surface area contributed by atoms with Crippen LogP contribution in [0.15, 0.2) is 30.3 Å². The van der Waals surface area contributed by atoms with Crippen molar-refractivity contribution in [1.29, 1.82) is 0 Å². The molecule has 0 fully saturated rings. The maximum Gasteiger partial charge on any atom is 0.0509 e. The standard InChI is InChI=1S/C14H24N2/c1-4-15(5-2)13-16(6-3)12-14-10-8-7-9-11-14/h7-11H,4-6,12-13H2,1-3H3. The molecular formula is C14H24N2. The van der Waals surface area contributed by atoms with Crippen LogP contribution in [0, 0.1) is 0 Å². The van der Waals surface area contributed by atoms with E-state index in [-0.39, 0.29) is 0 Å². The van der Waals surface area contributed by atoms with Gasteiger partial charge in [0.1, 0.15) is 0 Å². The SMILES string of the molecule is CCN(CC)CN(CC)Cc1ccccc1. The zero-order valence-corrected chi connectivity index (χ0v) is 10.8. The summed E-state index contributed by atoms with van der Waals surface area (Å²) in [5, 5.41) is 0. The zero-order valence-electron chi connectivity index (χ0n) is 10.8. The van der Waals surface area contributed by atoms with Gasteiger partial charge in [0.05, 0.1) is 6.67 Å². The quantitative estimate of drug-likeness (QED) is 0.652. The molecule has 1 rings (SSSR count). The second kappa shape index (κ2) is 7.42. The Balaban J connectivity index is 2.49. The van der Waals surface area contributed by atoms with Crippen molar-refractivity contribution in [2.24, 2.45) is 0 Å². The normalized spacial score (nSPS) is 11.3. The van der Waals surface area contributed by atoms with E-state index in [0.29, 0.717) is 0 Å². The largest absolute Gasteiger partial charge is 0.291 e. The molecule has 0 N–H and O–H groups in total. The summed E-state index contributed by atoms with van der Waals surface area (Å²) in [4.78, 5) is 4.93. The minimum atomic E-state index is 1.05. The zero-order chi connectivity index (χ0) is 11.8. The molecule has 0 unspecified atom stereocenters. The van der Waals surface area contributed by atoms with Crippen LogP contribution < -0.4 is 0 Å². The summed E-state index contributed by atoms with van der Waals surface area (Å²) >= 11 is 0. The Labute approximate surface area is 99.9 Å². The van der Waals surface area contributed by atoms with Gasteiger partial charge >= 0.3 is 0 Å². The Morgan fingerprint density at radius 1 is 0.812 bits per heavy atom. The van der Waals surface area contributed by atoms with Crippen LogP contribution in [-0.4, -0.2) is 36.1 Å². The number of hydrogen-bond acceptors (Lipinski definition) is 2. The first-order valence-electron chi connectivity index (χ1n) is 6.28. The highest BCUT2D eigenvalue weighted by Crippen LogP contribution is 2.05. The third kappa shape index (κ3) is 4.33. The fourth-order valence-electron chi connectivity index (χ4n) is 1.81. The topological polar surface area (TPSA) is 6.48 Å². The van der Waals surface area contributed by atoms with Crippen LogP contribution in [0.1, 0.15) is 26.3 Å².